The zero-order chi connectivity index (χ0) is 10.6. The molecule has 0 atom stereocenters. The first-order valence-electron chi connectivity index (χ1n) is 4.54. The summed E-state index contributed by atoms with van der Waals surface area (Å²) in [6, 6.07) is 1.85. The molecule has 0 radical (unpaired) electrons. The second-order valence-electron chi connectivity index (χ2n) is 2.94. The molecule has 4 nitrogen and oxygen atoms in total. The highest BCUT2D eigenvalue weighted by Gasteiger charge is 2.07. The molecule has 0 aliphatic heterocycles. The number of aromatic nitrogens is 2. The van der Waals surface area contributed by atoms with Crippen LogP contribution in [0.5, 0.6) is 0 Å². The largest absolute Gasteiger partial charge is 0.395 e. The van der Waals surface area contributed by atoms with E-state index >= 15 is 0 Å². The quantitative estimate of drug-likeness (QED) is 0.769. The summed E-state index contributed by atoms with van der Waals surface area (Å²) in [5, 5.41) is 9.10. The molecule has 0 bridgehead atoms. The molecule has 78 valence electrons. The van der Waals surface area contributed by atoms with Crippen molar-refractivity contribution in [3.8, 4) is 0 Å². The van der Waals surface area contributed by atoms with Gasteiger partial charge in [-0.2, -0.15) is 0 Å². The van der Waals surface area contributed by atoms with Gasteiger partial charge in [-0.3, -0.25) is 0 Å². The number of aliphatic hydroxyl groups is 1. The summed E-state index contributed by atoms with van der Waals surface area (Å²) in [4.78, 5) is 10.0. The number of anilines is 1. The van der Waals surface area contributed by atoms with Crippen molar-refractivity contribution >= 4 is 17.4 Å². The molecule has 0 spiro atoms. The zero-order valence-corrected chi connectivity index (χ0v) is 9.12. The third-order valence-electron chi connectivity index (χ3n) is 1.89. The Balaban J connectivity index is 2.91. The monoisotopic (exact) mass is 215 g/mol. The van der Waals surface area contributed by atoms with E-state index < -0.39 is 0 Å². The molecule has 5 heteroatoms. The minimum Gasteiger partial charge on any atom is -0.395 e. The van der Waals surface area contributed by atoms with Crippen LogP contribution >= 0.6 is 11.6 Å². The van der Waals surface area contributed by atoms with Gasteiger partial charge in [0.25, 0.3) is 0 Å². The van der Waals surface area contributed by atoms with Crippen LogP contribution in [0.2, 0.25) is 5.28 Å². The molecule has 0 unspecified atom stereocenters. The summed E-state index contributed by atoms with van der Waals surface area (Å²) < 4.78 is 0. The minimum atomic E-state index is 0.106. The molecule has 0 aliphatic rings. The third kappa shape index (κ3) is 2.82. The molecule has 0 saturated heterocycles. The maximum atomic E-state index is 8.85. The van der Waals surface area contributed by atoms with Gasteiger partial charge in [-0.1, -0.05) is 0 Å². The molecule has 0 fully saturated rings. The fourth-order valence-electron chi connectivity index (χ4n) is 1.23. The molecule has 0 aromatic carbocycles. The number of nitrogens with zero attached hydrogens (tertiary/aromatic N) is 3. The van der Waals surface area contributed by atoms with Gasteiger partial charge >= 0.3 is 0 Å². The molecular weight excluding hydrogens is 202 g/mol. The maximum absolute atomic E-state index is 8.85. The summed E-state index contributed by atoms with van der Waals surface area (Å²) in [6.45, 7) is 5.32. The maximum Gasteiger partial charge on any atom is 0.224 e. The van der Waals surface area contributed by atoms with Crippen molar-refractivity contribution in [2.24, 2.45) is 0 Å². The summed E-state index contributed by atoms with van der Waals surface area (Å²) in [5.41, 5.74) is 0.830. The summed E-state index contributed by atoms with van der Waals surface area (Å²) in [5.74, 6) is 0.763. The van der Waals surface area contributed by atoms with Gasteiger partial charge in [-0.05, 0) is 25.4 Å². The van der Waals surface area contributed by atoms with Crippen LogP contribution in [0, 0.1) is 6.92 Å². The van der Waals surface area contributed by atoms with E-state index in [1.54, 1.807) is 0 Å². The number of hydrogen-bond donors (Lipinski definition) is 1. The number of aryl methyl sites for hydroxylation is 1. The van der Waals surface area contributed by atoms with E-state index in [1.165, 1.54) is 0 Å². The van der Waals surface area contributed by atoms with Crippen LogP contribution in [0.25, 0.3) is 0 Å². The molecule has 1 N–H and O–H groups in total. The van der Waals surface area contributed by atoms with Crippen LogP contribution in [0.4, 0.5) is 5.82 Å². The Kier molecular flexibility index (Phi) is 4.10. The van der Waals surface area contributed by atoms with Gasteiger partial charge in [-0.25, -0.2) is 9.97 Å². The molecular formula is C9H14ClN3O. The number of rotatable bonds is 4. The Morgan fingerprint density at radius 1 is 1.50 bits per heavy atom. The van der Waals surface area contributed by atoms with Crippen LogP contribution in [-0.4, -0.2) is 34.8 Å². The van der Waals surface area contributed by atoms with Gasteiger partial charge in [0, 0.05) is 24.8 Å². The Hall–Kier alpha value is -0.870. The number of likely N-dealkylation sites (N-methyl/N-ethyl adjacent to an activating group) is 1. The van der Waals surface area contributed by atoms with E-state index in [1.807, 2.05) is 24.8 Å². The Morgan fingerprint density at radius 2 is 2.21 bits per heavy atom. The van der Waals surface area contributed by atoms with Crippen LogP contribution in [0.1, 0.15) is 12.6 Å². The van der Waals surface area contributed by atoms with Crippen molar-refractivity contribution in [1.29, 1.82) is 0 Å². The minimum absolute atomic E-state index is 0.106. The Morgan fingerprint density at radius 3 is 2.71 bits per heavy atom. The van der Waals surface area contributed by atoms with Crippen molar-refractivity contribution in [1.82, 2.24) is 9.97 Å². The van der Waals surface area contributed by atoms with E-state index in [2.05, 4.69) is 9.97 Å². The van der Waals surface area contributed by atoms with Gasteiger partial charge in [0.15, 0.2) is 0 Å². The second kappa shape index (κ2) is 5.12. The number of halogens is 1. The summed E-state index contributed by atoms with van der Waals surface area (Å²) in [7, 11) is 0. The van der Waals surface area contributed by atoms with Gasteiger partial charge in [-0.15, -0.1) is 0 Å². The molecule has 0 saturated carbocycles. The van der Waals surface area contributed by atoms with Gasteiger partial charge < -0.3 is 10.0 Å². The average molecular weight is 216 g/mol. The Bertz CT molecular complexity index is 286. The predicted molar refractivity (Wildman–Crippen MR) is 56.8 cm³/mol. The normalized spacial score (nSPS) is 10.3. The molecule has 1 rings (SSSR count). The highest BCUT2D eigenvalue weighted by atomic mass is 35.5. The van der Waals surface area contributed by atoms with Crippen LogP contribution in [0.15, 0.2) is 6.07 Å². The fraction of sp³-hybridized carbons (Fsp3) is 0.556. The van der Waals surface area contributed by atoms with Crippen molar-refractivity contribution < 1.29 is 5.11 Å². The van der Waals surface area contributed by atoms with E-state index in [0.717, 1.165) is 18.1 Å². The van der Waals surface area contributed by atoms with Crippen molar-refractivity contribution in [3.05, 3.63) is 17.0 Å². The van der Waals surface area contributed by atoms with E-state index in [9.17, 15) is 0 Å². The van der Waals surface area contributed by atoms with E-state index in [-0.39, 0.29) is 11.9 Å². The standard InChI is InChI=1S/C9H14ClN3O/c1-3-13(4-5-14)8-6-7(2)11-9(10)12-8/h6,14H,3-5H2,1-2H3. The highest BCUT2D eigenvalue weighted by Crippen LogP contribution is 2.14. The lowest BCUT2D eigenvalue weighted by atomic mass is 10.4. The second-order valence-corrected chi connectivity index (χ2v) is 3.28. The first kappa shape index (κ1) is 11.2. The predicted octanol–water partition coefficient (Wildman–Crippen LogP) is 1.26. The Labute approximate surface area is 88.6 Å². The molecule has 0 amide bonds. The van der Waals surface area contributed by atoms with Crippen LogP contribution in [0.3, 0.4) is 0 Å². The molecule has 1 aromatic rings. The third-order valence-corrected chi connectivity index (χ3v) is 2.06. The van der Waals surface area contributed by atoms with Gasteiger partial charge in [0.1, 0.15) is 5.82 Å². The fourth-order valence-corrected chi connectivity index (χ4v) is 1.45. The van der Waals surface area contributed by atoms with Crippen molar-refractivity contribution in [3.63, 3.8) is 0 Å². The van der Waals surface area contributed by atoms with Crippen molar-refractivity contribution in [2.75, 3.05) is 24.6 Å². The summed E-state index contributed by atoms with van der Waals surface area (Å²) in [6.07, 6.45) is 0. The molecule has 0 aliphatic carbocycles. The number of hydrogen-bond acceptors (Lipinski definition) is 4. The topological polar surface area (TPSA) is 49.2 Å². The first-order valence-corrected chi connectivity index (χ1v) is 4.92. The lowest BCUT2D eigenvalue weighted by Crippen LogP contribution is -2.27. The first-order chi connectivity index (χ1) is 6.67. The van der Waals surface area contributed by atoms with Gasteiger partial charge in [0.05, 0.1) is 6.61 Å². The van der Waals surface area contributed by atoms with E-state index in [4.69, 9.17) is 16.7 Å². The SMILES string of the molecule is CCN(CCO)c1cc(C)nc(Cl)n1. The molecule has 1 aromatic heterocycles. The number of aliphatic hydroxyl groups excluding tert-OH is 1. The smallest absolute Gasteiger partial charge is 0.224 e. The average Bonchev–Trinajstić information content (AvgIpc) is 2.12. The van der Waals surface area contributed by atoms with Gasteiger partial charge in [0.2, 0.25) is 5.28 Å². The summed E-state index contributed by atoms with van der Waals surface area (Å²) >= 11 is 5.74. The lowest BCUT2D eigenvalue weighted by Gasteiger charge is -2.20. The van der Waals surface area contributed by atoms with Crippen molar-refractivity contribution in [2.45, 2.75) is 13.8 Å². The molecule has 1 heterocycles. The van der Waals surface area contributed by atoms with E-state index in [0.29, 0.717) is 6.54 Å². The van der Waals surface area contributed by atoms with Crippen LogP contribution in [-0.2, 0) is 0 Å². The lowest BCUT2D eigenvalue weighted by molar-refractivity contribution is 0.302. The highest BCUT2D eigenvalue weighted by molar-refractivity contribution is 6.28. The zero-order valence-electron chi connectivity index (χ0n) is 8.37. The molecule has 14 heavy (non-hydrogen) atoms. The van der Waals surface area contributed by atoms with Crippen LogP contribution < -0.4 is 4.90 Å².